The second-order valence-corrected chi connectivity index (χ2v) is 5.62. The number of carbonyl (C=O) groups is 1. The molecule has 0 saturated carbocycles. The smallest absolute Gasteiger partial charge is 0.320 e. The van der Waals surface area contributed by atoms with Crippen molar-refractivity contribution >= 4 is 16.0 Å². The molecule has 0 amide bonds. The van der Waals surface area contributed by atoms with E-state index in [9.17, 15) is 18.3 Å². The molecule has 1 fully saturated rings. The van der Waals surface area contributed by atoms with Gasteiger partial charge in [0.2, 0.25) is 10.0 Å². The zero-order valence-electron chi connectivity index (χ0n) is 8.68. The Bertz CT molecular complexity index is 346. The van der Waals surface area contributed by atoms with E-state index in [1.807, 2.05) is 0 Å². The molecule has 3 N–H and O–H groups in total. The molecule has 1 rings (SSSR count). The number of carboxylic acid groups (broad SMARTS) is 1. The third-order valence-corrected chi connectivity index (χ3v) is 3.57. The monoisotopic (exact) mass is 253 g/mol. The molecule has 0 unspecified atom stereocenters. The molecule has 8 heteroatoms. The lowest BCUT2D eigenvalue weighted by Crippen LogP contribution is -2.47. The number of aliphatic carboxylic acids is 1. The summed E-state index contributed by atoms with van der Waals surface area (Å²) in [6.45, 7) is 0.570. The highest BCUT2D eigenvalue weighted by atomic mass is 32.2. The Labute approximate surface area is 93.5 Å². The summed E-state index contributed by atoms with van der Waals surface area (Å²) in [4.78, 5) is 10.2. The molecule has 0 atom stereocenters. The van der Waals surface area contributed by atoms with Gasteiger partial charge >= 0.3 is 5.97 Å². The first-order valence-corrected chi connectivity index (χ1v) is 6.47. The van der Waals surface area contributed by atoms with Crippen LogP contribution in [0, 0.1) is 0 Å². The fourth-order valence-electron chi connectivity index (χ4n) is 1.39. The van der Waals surface area contributed by atoms with E-state index in [-0.39, 0.29) is 6.54 Å². The molecule has 0 aromatic heterocycles. The van der Waals surface area contributed by atoms with Gasteiger partial charge in [-0.25, -0.2) is 13.1 Å². The number of aliphatic hydroxyl groups is 1. The van der Waals surface area contributed by atoms with Crippen LogP contribution in [0.15, 0.2) is 0 Å². The molecular formula is C8H15NO6S. The van der Waals surface area contributed by atoms with Crippen molar-refractivity contribution in [2.45, 2.75) is 18.4 Å². The molecular weight excluding hydrogens is 238 g/mol. The molecule has 1 aliphatic heterocycles. The average molecular weight is 253 g/mol. The highest BCUT2D eigenvalue weighted by molar-refractivity contribution is 7.90. The van der Waals surface area contributed by atoms with Crippen LogP contribution in [-0.4, -0.2) is 55.7 Å². The molecule has 0 aliphatic carbocycles. The molecule has 1 saturated heterocycles. The summed E-state index contributed by atoms with van der Waals surface area (Å²) < 4.78 is 29.5. The Balaban J connectivity index is 2.46. The maximum atomic E-state index is 11.2. The van der Waals surface area contributed by atoms with Crippen LogP contribution in [0.1, 0.15) is 12.8 Å². The molecule has 16 heavy (non-hydrogen) atoms. The Morgan fingerprint density at radius 1 is 1.38 bits per heavy atom. The van der Waals surface area contributed by atoms with Crippen LogP contribution in [0.4, 0.5) is 0 Å². The molecule has 1 heterocycles. The minimum Gasteiger partial charge on any atom is -0.480 e. The van der Waals surface area contributed by atoms with Crippen LogP contribution in [0.25, 0.3) is 0 Å². The largest absolute Gasteiger partial charge is 0.480 e. The van der Waals surface area contributed by atoms with Crippen LogP contribution >= 0.6 is 0 Å². The fraction of sp³-hybridized carbons (Fsp3) is 0.875. The summed E-state index contributed by atoms with van der Waals surface area (Å²) >= 11 is 0. The van der Waals surface area contributed by atoms with Crippen LogP contribution in [0.5, 0.6) is 0 Å². The van der Waals surface area contributed by atoms with Crippen LogP contribution < -0.4 is 4.72 Å². The SMILES string of the molecule is O=C(O)CS(=O)(=O)NCC1(O)CCOCC1. The van der Waals surface area contributed by atoms with E-state index in [2.05, 4.69) is 4.72 Å². The molecule has 0 radical (unpaired) electrons. The number of hydrogen-bond donors (Lipinski definition) is 3. The van der Waals surface area contributed by atoms with Crippen molar-refractivity contribution in [3.05, 3.63) is 0 Å². The Morgan fingerprint density at radius 2 is 1.94 bits per heavy atom. The molecule has 1 aliphatic rings. The first-order chi connectivity index (χ1) is 7.33. The van der Waals surface area contributed by atoms with Crippen molar-refractivity contribution in [2.24, 2.45) is 0 Å². The van der Waals surface area contributed by atoms with E-state index in [1.165, 1.54) is 0 Å². The number of ether oxygens (including phenoxy) is 1. The molecule has 7 nitrogen and oxygen atoms in total. The average Bonchev–Trinajstić information content (AvgIpc) is 2.15. The second kappa shape index (κ2) is 5.09. The predicted molar refractivity (Wildman–Crippen MR) is 54.4 cm³/mol. The second-order valence-electron chi connectivity index (χ2n) is 3.81. The van der Waals surface area contributed by atoms with E-state index in [0.717, 1.165) is 0 Å². The first-order valence-electron chi connectivity index (χ1n) is 4.82. The van der Waals surface area contributed by atoms with Gasteiger partial charge in [0.1, 0.15) is 0 Å². The standard InChI is InChI=1S/C8H15NO6S/c10-7(11)5-16(13,14)9-6-8(12)1-3-15-4-2-8/h9,12H,1-6H2,(H,10,11). The highest BCUT2D eigenvalue weighted by Crippen LogP contribution is 2.19. The van der Waals surface area contributed by atoms with Gasteiger partial charge in [-0.3, -0.25) is 4.79 Å². The van der Waals surface area contributed by atoms with Crippen molar-refractivity contribution < 1.29 is 28.2 Å². The van der Waals surface area contributed by atoms with Gasteiger partial charge in [0.25, 0.3) is 0 Å². The van der Waals surface area contributed by atoms with Gasteiger partial charge in [-0.2, -0.15) is 0 Å². The van der Waals surface area contributed by atoms with Crippen molar-refractivity contribution in [2.75, 3.05) is 25.5 Å². The van der Waals surface area contributed by atoms with Gasteiger partial charge in [-0.05, 0) is 0 Å². The minimum absolute atomic E-state index is 0.175. The van der Waals surface area contributed by atoms with Crippen molar-refractivity contribution in [1.29, 1.82) is 0 Å². The zero-order chi connectivity index (χ0) is 12.2. The van der Waals surface area contributed by atoms with Gasteiger partial charge in [-0.15, -0.1) is 0 Å². The number of sulfonamides is 1. The normalized spacial score (nSPS) is 20.6. The molecule has 0 aromatic rings. The van der Waals surface area contributed by atoms with Gasteiger partial charge in [0.05, 0.1) is 5.60 Å². The third-order valence-electron chi connectivity index (χ3n) is 2.36. The maximum absolute atomic E-state index is 11.2. The first kappa shape index (κ1) is 13.4. The van der Waals surface area contributed by atoms with Gasteiger partial charge in [0.15, 0.2) is 5.75 Å². The lowest BCUT2D eigenvalue weighted by atomic mass is 9.95. The van der Waals surface area contributed by atoms with E-state index in [1.54, 1.807) is 0 Å². The number of hydrogen-bond acceptors (Lipinski definition) is 5. The van der Waals surface area contributed by atoms with E-state index in [4.69, 9.17) is 9.84 Å². The summed E-state index contributed by atoms with van der Waals surface area (Å²) in [5.41, 5.74) is -1.14. The molecule has 0 spiro atoms. The Kier molecular flexibility index (Phi) is 4.25. The van der Waals surface area contributed by atoms with Crippen molar-refractivity contribution in [1.82, 2.24) is 4.72 Å². The van der Waals surface area contributed by atoms with Gasteiger partial charge in [-0.1, -0.05) is 0 Å². The van der Waals surface area contributed by atoms with Gasteiger partial charge in [0, 0.05) is 32.6 Å². The number of nitrogens with one attached hydrogen (secondary N) is 1. The lowest BCUT2D eigenvalue weighted by Gasteiger charge is -2.31. The predicted octanol–water partition coefficient (Wildman–Crippen LogP) is -1.47. The Hall–Kier alpha value is -0.700. The molecule has 94 valence electrons. The molecule has 0 aromatic carbocycles. The minimum atomic E-state index is -3.87. The van der Waals surface area contributed by atoms with Gasteiger partial charge < -0.3 is 14.9 Å². The van der Waals surface area contributed by atoms with Crippen LogP contribution in [0.2, 0.25) is 0 Å². The zero-order valence-corrected chi connectivity index (χ0v) is 9.49. The van der Waals surface area contributed by atoms with Crippen molar-refractivity contribution in [3.63, 3.8) is 0 Å². The summed E-state index contributed by atoms with van der Waals surface area (Å²) in [5.74, 6) is -2.41. The van der Waals surface area contributed by atoms with Crippen LogP contribution in [-0.2, 0) is 19.6 Å². The summed E-state index contributed by atoms with van der Waals surface area (Å²) in [7, 11) is -3.87. The maximum Gasteiger partial charge on any atom is 0.320 e. The van der Waals surface area contributed by atoms with E-state index >= 15 is 0 Å². The molecule has 0 bridgehead atoms. The third kappa shape index (κ3) is 4.44. The van der Waals surface area contributed by atoms with Crippen LogP contribution in [0.3, 0.4) is 0 Å². The summed E-state index contributed by atoms with van der Waals surface area (Å²) in [6, 6.07) is 0. The summed E-state index contributed by atoms with van der Waals surface area (Å²) in [5, 5.41) is 18.3. The number of rotatable bonds is 5. The highest BCUT2D eigenvalue weighted by Gasteiger charge is 2.31. The quantitative estimate of drug-likeness (QED) is 0.551. The van der Waals surface area contributed by atoms with Crippen molar-refractivity contribution in [3.8, 4) is 0 Å². The number of carboxylic acids is 1. The Morgan fingerprint density at radius 3 is 2.44 bits per heavy atom. The summed E-state index contributed by atoms with van der Waals surface area (Å²) in [6.07, 6.45) is 0.672. The topological polar surface area (TPSA) is 113 Å². The lowest BCUT2D eigenvalue weighted by molar-refractivity contribution is -0.134. The van der Waals surface area contributed by atoms with E-state index < -0.39 is 27.3 Å². The van der Waals surface area contributed by atoms with E-state index in [0.29, 0.717) is 26.1 Å². The fourth-order valence-corrected chi connectivity index (χ4v) is 2.30.